The molecule has 1 N–H and O–H groups in total. The van der Waals surface area contributed by atoms with Gasteiger partial charge in [0.15, 0.2) is 0 Å². The van der Waals surface area contributed by atoms with E-state index in [4.69, 9.17) is 5.11 Å². The van der Waals surface area contributed by atoms with Gasteiger partial charge >= 0.3 is 5.97 Å². The molecule has 20 heavy (non-hydrogen) atoms. The van der Waals surface area contributed by atoms with Crippen molar-refractivity contribution in [2.24, 2.45) is 0 Å². The largest absolute Gasteiger partial charge is 0.478 e. The molecule has 1 heterocycles. The molecule has 2 aromatic carbocycles. The van der Waals surface area contributed by atoms with E-state index in [-0.39, 0.29) is 5.56 Å². The van der Waals surface area contributed by atoms with Gasteiger partial charge < -0.3 is 5.11 Å². The smallest absolute Gasteiger partial charge is 0.335 e. The van der Waals surface area contributed by atoms with Crippen LogP contribution in [0.3, 0.4) is 0 Å². The van der Waals surface area contributed by atoms with Crippen molar-refractivity contribution in [3.8, 4) is 11.1 Å². The first-order chi connectivity index (χ1) is 9.65. The fourth-order valence-electron chi connectivity index (χ4n) is 2.22. The van der Waals surface area contributed by atoms with Crippen LogP contribution in [0.5, 0.6) is 0 Å². The molecule has 0 aliphatic carbocycles. The average Bonchev–Trinajstić information content (AvgIpc) is 2.47. The van der Waals surface area contributed by atoms with Crippen molar-refractivity contribution in [1.82, 2.24) is 9.97 Å². The van der Waals surface area contributed by atoms with Crippen molar-refractivity contribution >= 4 is 16.9 Å². The molecule has 4 nitrogen and oxygen atoms in total. The predicted molar refractivity (Wildman–Crippen MR) is 76.7 cm³/mol. The van der Waals surface area contributed by atoms with Crippen molar-refractivity contribution in [3.63, 3.8) is 0 Å². The van der Waals surface area contributed by atoms with Crippen LogP contribution in [0.25, 0.3) is 22.0 Å². The van der Waals surface area contributed by atoms with Crippen LogP contribution in [0.1, 0.15) is 15.9 Å². The maximum Gasteiger partial charge on any atom is 0.335 e. The maximum atomic E-state index is 11.1. The highest BCUT2D eigenvalue weighted by Crippen LogP contribution is 2.27. The van der Waals surface area contributed by atoms with Crippen LogP contribution < -0.4 is 0 Å². The standard InChI is InChI=1S/C16H12N2O2/c1-10-2-3-12(16(19)20)7-14(10)11-4-5-15-13(6-11)8-17-9-18-15/h2-9H,1H3,(H,19,20). The van der Waals surface area contributed by atoms with Crippen LogP contribution in [0, 0.1) is 6.92 Å². The second kappa shape index (κ2) is 4.74. The summed E-state index contributed by atoms with van der Waals surface area (Å²) in [5, 5.41) is 10.0. The Balaban J connectivity index is 2.19. The molecule has 0 bridgehead atoms. The number of carboxylic acid groups (broad SMARTS) is 1. The summed E-state index contributed by atoms with van der Waals surface area (Å²) in [6.07, 6.45) is 3.26. The van der Waals surface area contributed by atoms with Gasteiger partial charge in [-0.2, -0.15) is 0 Å². The van der Waals surface area contributed by atoms with Gasteiger partial charge in [0, 0.05) is 11.6 Å². The molecule has 0 saturated carbocycles. The molecular formula is C16H12N2O2. The van der Waals surface area contributed by atoms with Crippen LogP contribution in [-0.4, -0.2) is 21.0 Å². The highest BCUT2D eigenvalue weighted by Gasteiger charge is 2.08. The topological polar surface area (TPSA) is 63.1 Å². The minimum atomic E-state index is -0.921. The van der Waals surface area contributed by atoms with Gasteiger partial charge in [-0.15, -0.1) is 0 Å². The number of hydrogen-bond acceptors (Lipinski definition) is 3. The second-order valence-corrected chi connectivity index (χ2v) is 4.63. The van der Waals surface area contributed by atoms with Crippen LogP contribution in [0.2, 0.25) is 0 Å². The zero-order valence-electron chi connectivity index (χ0n) is 10.9. The number of fused-ring (bicyclic) bond motifs is 1. The lowest BCUT2D eigenvalue weighted by molar-refractivity contribution is 0.0697. The zero-order valence-corrected chi connectivity index (χ0v) is 10.9. The van der Waals surface area contributed by atoms with Gasteiger partial charge in [0.1, 0.15) is 6.33 Å². The summed E-state index contributed by atoms with van der Waals surface area (Å²) in [6.45, 7) is 1.96. The van der Waals surface area contributed by atoms with E-state index in [2.05, 4.69) is 9.97 Å². The number of rotatable bonds is 2. The van der Waals surface area contributed by atoms with Gasteiger partial charge in [0.25, 0.3) is 0 Å². The Hall–Kier alpha value is -2.75. The minimum absolute atomic E-state index is 0.287. The predicted octanol–water partition coefficient (Wildman–Crippen LogP) is 3.30. The third kappa shape index (κ3) is 2.12. The Morgan fingerprint density at radius 2 is 2.00 bits per heavy atom. The number of carboxylic acids is 1. The third-order valence-corrected chi connectivity index (χ3v) is 3.30. The van der Waals surface area contributed by atoms with Crippen molar-refractivity contribution in [3.05, 3.63) is 60.0 Å². The fraction of sp³-hybridized carbons (Fsp3) is 0.0625. The summed E-state index contributed by atoms with van der Waals surface area (Å²) in [5.41, 5.74) is 4.07. The summed E-state index contributed by atoms with van der Waals surface area (Å²) >= 11 is 0. The van der Waals surface area contributed by atoms with Crippen molar-refractivity contribution in [2.75, 3.05) is 0 Å². The van der Waals surface area contributed by atoms with E-state index < -0.39 is 5.97 Å². The number of aryl methyl sites for hydroxylation is 1. The maximum absolute atomic E-state index is 11.1. The van der Waals surface area contributed by atoms with Gasteiger partial charge in [-0.05, 0) is 47.9 Å². The lowest BCUT2D eigenvalue weighted by Crippen LogP contribution is -1.97. The van der Waals surface area contributed by atoms with E-state index in [1.165, 1.54) is 6.33 Å². The minimum Gasteiger partial charge on any atom is -0.478 e. The number of aromatic carboxylic acids is 1. The Morgan fingerprint density at radius 1 is 1.15 bits per heavy atom. The molecule has 1 aromatic heterocycles. The van der Waals surface area contributed by atoms with Gasteiger partial charge in [0.2, 0.25) is 0 Å². The van der Waals surface area contributed by atoms with E-state index in [0.717, 1.165) is 27.6 Å². The van der Waals surface area contributed by atoms with Gasteiger partial charge in [-0.1, -0.05) is 12.1 Å². The summed E-state index contributed by atoms with van der Waals surface area (Å²) in [6, 6.07) is 11.0. The zero-order chi connectivity index (χ0) is 14.1. The van der Waals surface area contributed by atoms with E-state index in [9.17, 15) is 4.79 Å². The molecule has 0 amide bonds. The lowest BCUT2D eigenvalue weighted by Gasteiger charge is -2.08. The van der Waals surface area contributed by atoms with Crippen molar-refractivity contribution in [1.29, 1.82) is 0 Å². The Bertz CT molecular complexity index is 812. The molecule has 0 aliphatic heterocycles. The molecule has 0 atom stereocenters. The molecule has 0 spiro atoms. The van der Waals surface area contributed by atoms with Gasteiger partial charge in [0.05, 0.1) is 11.1 Å². The van der Waals surface area contributed by atoms with E-state index >= 15 is 0 Å². The first-order valence-electron chi connectivity index (χ1n) is 6.19. The van der Waals surface area contributed by atoms with Crippen molar-refractivity contribution in [2.45, 2.75) is 6.92 Å². The molecule has 0 fully saturated rings. The summed E-state index contributed by atoms with van der Waals surface area (Å²) < 4.78 is 0. The Morgan fingerprint density at radius 3 is 2.80 bits per heavy atom. The molecule has 3 aromatic rings. The lowest BCUT2D eigenvalue weighted by atomic mass is 9.97. The Kier molecular flexibility index (Phi) is 2.91. The molecule has 98 valence electrons. The van der Waals surface area contributed by atoms with E-state index in [0.29, 0.717) is 0 Å². The summed E-state index contributed by atoms with van der Waals surface area (Å²) in [7, 11) is 0. The van der Waals surface area contributed by atoms with Gasteiger partial charge in [-0.25, -0.2) is 14.8 Å². The Labute approximate surface area is 115 Å². The van der Waals surface area contributed by atoms with Crippen LogP contribution in [0.4, 0.5) is 0 Å². The van der Waals surface area contributed by atoms with Crippen LogP contribution >= 0.6 is 0 Å². The first-order valence-corrected chi connectivity index (χ1v) is 6.19. The number of nitrogens with zero attached hydrogens (tertiary/aromatic N) is 2. The molecule has 4 heteroatoms. The summed E-state index contributed by atoms with van der Waals surface area (Å²) in [4.78, 5) is 19.3. The molecular weight excluding hydrogens is 252 g/mol. The second-order valence-electron chi connectivity index (χ2n) is 4.63. The first kappa shape index (κ1) is 12.3. The van der Waals surface area contributed by atoms with Crippen LogP contribution in [0.15, 0.2) is 48.9 Å². The number of carbonyl (C=O) groups is 1. The van der Waals surface area contributed by atoms with Gasteiger partial charge in [-0.3, -0.25) is 0 Å². The molecule has 0 saturated heterocycles. The molecule has 0 aliphatic rings. The summed E-state index contributed by atoms with van der Waals surface area (Å²) in [5.74, 6) is -0.921. The SMILES string of the molecule is Cc1ccc(C(=O)O)cc1-c1ccc2ncncc2c1. The van der Waals surface area contributed by atoms with Crippen molar-refractivity contribution < 1.29 is 9.90 Å². The van der Waals surface area contributed by atoms with E-state index in [1.54, 1.807) is 18.3 Å². The quantitative estimate of drug-likeness (QED) is 0.771. The van der Waals surface area contributed by atoms with Crippen LogP contribution in [-0.2, 0) is 0 Å². The third-order valence-electron chi connectivity index (χ3n) is 3.30. The number of hydrogen-bond donors (Lipinski definition) is 1. The molecule has 3 rings (SSSR count). The average molecular weight is 264 g/mol. The molecule has 0 radical (unpaired) electrons. The highest BCUT2D eigenvalue weighted by atomic mass is 16.4. The molecule has 0 unspecified atom stereocenters. The fourth-order valence-corrected chi connectivity index (χ4v) is 2.22. The highest BCUT2D eigenvalue weighted by molar-refractivity contribution is 5.91. The monoisotopic (exact) mass is 264 g/mol. The normalized spacial score (nSPS) is 10.7. The van der Waals surface area contributed by atoms with E-state index in [1.807, 2.05) is 31.2 Å². The number of benzene rings is 2. The number of aromatic nitrogens is 2.